The van der Waals surface area contributed by atoms with Gasteiger partial charge in [-0.05, 0) is 25.2 Å². The lowest BCUT2D eigenvalue weighted by Crippen LogP contribution is -2.17. The Bertz CT molecular complexity index is 367. The summed E-state index contributed by atoms with van der Waals surface area (Å²) in [6.45, 7) is 6.71. The van der Waals surface area contributed by atoms with Gasteiger partial charge in [-0.2, -0.15) is 0 Å². The molecule has 0 N–H and O–H groups in total. The Morgan fingerprint density at radius 2 is 2.18 bits per heavy atom. The van der Waals surface area contributed by atoms with Gasteiger partial charge in [0, 0.05) is 22.0 Å². The predicted molar refractivity (Wildman–Crippen MR) is 79.2 cm³/mol. The maximum atomic E-state index is 4.80. The first-order chi connectivity index (χ1) is 7.95. The van der Waals surface area contributed by atoms with Crippen LogP contribution < -0.4 is 0 Å². The molecule has 1 aromatic rings. The fourth-order valence-corrected chi connectivity index (χ4v) is 4.40. The second kappa shape index (κ2) is 5.40. The minimum Gasteiger partial charge on any atom is -0.246 e. The highest BCUT2D eigenvalue weighted by atomic mass is 79.9. The molecule has 3 heteroatoms. The molecule has 0 aromatic carbocycles. The quantitative estimate of drug-likeness (QED) is 0.705. The van der Waals surface area contributed by atoms with Crippen molar-refractivity contribution < 1.29 is 0 Å². The van der Waals surface area contributed by atoms with Crippen LogP contribution in [0.25, 0.3) is 0 Å². The molecule has 2 atom stereocenters. The van der Waals surface area contributed by atoms with Gasteiger partial charge in [0.2, 0.25) is 0 Å². The number of halogens is 1. The molecule has 0 radical (unpaired) electrons. The van der Waals surface area contributed by atoms with Crippen LogP contribution in [-0.4, -0.2) is 9.81 Å². The molecule has 96 valence electrons. The topological polar surface area (TPSA) is 12.9 Å². The molecule has 0 aliphatic heterocycles. The molecule has 1 saturated carbocycles. The summed E-state index contributed by atoms with van der Waals surface area (Å²) in [5.41, 5.74) is 1.45. The van der Waals surface area contributed by atoms with E-state index in [1.54, 1.807) is 0 Å². The monoisotopic (exact) mass is 315 g/mol. The van der Waals surface area contributed by atoms with Crippen molar-refractivity contribution in [2.24, 2.45) is 5.92 Å². The van der Waals surface area contributed by atoms with Gasteiger partial charge < -0.3 is 0 Å². The summed E-state index contributed by atoms with van der Waals surface area (Å²) in [6.07, 6.45) is 6.61. The van der Waals surface area contributed by atoms with Crippen LogP contribution in [-0.2, 0) is 11.8 Å². The third kappa shape index (κ3) is 3.78. The smallest absolute Gasteiger partial charge is 0.0931 e. The van der Waals surface area contributed by atoms with Crippen LogP contribution in [0.1, 0.15) is 57.2 Å². The molecule has 2 rings (SSSR count). The Balaban J connectivity index is 1.97. The highest BCUT2D eigenvalue weighted by Crippen LogP contribution is 2.32. The number of nitrogens with zero attached hydrogens (tertiary/aromatic N) is 1. The van der Waals surface area contributed by atoms with Gasteiger partial charge in [-0.15, -0.1) is 11.3 Å². The van der Waals surface area contributed by atoms with Gasteiger partial charge in [0.1, 0.15) is 0 Å². The molecule has 2 unspecified atom stereocenters. The van der Waals surface area contributed by atoms with Crippen LogP contribution >= 0.6 is 27.3 Å². The number of aromatic nitrogens is 1. The fourth-order valence-electron chi connectivity index (χ4n) is 2.41. The van der Waals surface area contributed by atoms with Crippen molar-refractivity contribution in [3.63, 3.8) is 0 Å². The first kappa shape index (κ1) is 13.5. The highest BCUT2D eigenvalue weighted by molar-refractivity contribution is 9.09. The second-order valence-electron chi connectivity index (χ2n) is 6.21. The van der Waals surface area contributed by atoms with Crippen LogP contribution in [0.3, 0.4) is 0 Å². The van der Waals surface area contributed by atoms with E-state index in [2.05, 4.69) is 42.1 Å². The van der Waals surface area contributed by atoms with E-state index in [-0.39, 0.29) is 5.41 Å². The summed E-state index contributed by atoms with van der Waals surface area (Å²) in [5, 5.41) is 3.57. The van der Waals surface area contributed by atoms with Gasteiger partial charge >= 0.3 is 0 Å². The van der Waals surface area contributed by atoms with Crippen LogP contribution in [0.2, 0.25) is 0 Å². The maximum absolute atomic E-state index is 4.80. The molecule has 17 heavy (non-hydrogen) atoms. The van der Waals surface area contributed by atoms with Crippen molar-refractivity contribution in [2.75, 3.05) is 0 Å². The third-order valence-corrected chi connectivity index (χ3v) is 5.21. The molecule has 1 aromatic heterocycles. The molecule has 1 heterocycles. The summed E-state index contributed by atoms with van der Waals surface area (Å²) in [7, 11) is 0. The number of rotatable bonds is 2. The Morgan fingerprint density at radius 3 is 2.76 bits per heavy atom. The van der Waals surface area contributed by atoms with Crippen molar-refractivity contribution in [3.8, 4) is 0 Å². The molecule has 0 spiro atoms. The van der Waals surface area contributed by atoms with Gasteiger partial charge in [-0.3, -0.25) is 0 Å². The first-order valence-corrected chi connectivity index (χ1v) is 8.33. The Hall–Kier alpha value is 0.110. The number of alkyl halides is 1. The van der Waals surface area contributed by atoms with Gasteiger partial charge in [-0.25, -0.2) is 4.98 Å². The summed E-state index contributed by atoms with van der Waals surface area (Å²) >= 11 is 5.61. The predicted octanol–water partition coefficient (Wildman–Crippen LogP) is 4.94. The van der Waals surface area contributed by atoms with Crippen LogP contribution in [0, 0.1) is 5.92 Å². The Kier molecular flexibility index (Phi) is 4.30. The summed E-state index contributed by atoms with van der Waals surface area (Å²) < 4.78 is 0. The standard InChI is InChI=1S/C14H22BrNS/c1-14(2,3)12-9-17-13(16-12)8-10-5-4-6-11(15)7-10/h9-11H,4-8H2,1-3H3. The van der Waals surface area contributed by atoms with Crippen molar-refractivity contribution in [1.29, 1.82) is 0 Å². The summed E-state index contributed by atoms with van der Waals surface area (Å²) in [6, 6.07) is 0. The lowest BCUT2D eigenvalue weighted by atomic mass is 9.87. The third-order valence-electron chi connectivity index (χ3n) is 3.50. The molecular formula is C14H22BrNS. The van der Waals surface area contributed by atoms with Gasteiger partial charge in [0.05, 0.1) is 10.7 Å². The van der Waals surface area contributed by atoms with Crippen molar-refractivity contribution in [2.45, 2.75) is 63.1 Å². The zero-order chi connectivity index (χ0) is 12.5. The van der Waals surface area contributed by atoms with Crippen molar-refractivity contribution in [3.05, 3.63) is 16.1 Å². The number of thiazole rings is 1. The van der Waals surface area contributed by atoms with E-state index in [1.807, 2.05) is 11.3 Å². The normalized spacial score (nSPS) is 26.1. The average molecular weight is 316 g/mol. The van der Waals surface area contributed by atoms with E-state index < -0.39 is 0 Å². The summed E-state index contributed by atoms with van der Waals surface area (Å²) in [5.74, 6) is 0.840. The largest absolute Gasteiger partial charge is 0.246 e. The van der Waals surface area contributed by atoms with E-state index >= 15 is 0 Å². The second-order valence-corrected chi connectivity index (χ2v) is 8.45. The minimum absolute atomic E-state index is 0.194. The van der Waals surface area contributed by atoms with Gasteiger partial charge in [0.25, 0.3) is 0 Å². The van der Waals surface area contributed by atoms with E-state index in [0.29, 0.717) is 0 Å². The molecule has 1 aliphatic rings. The molecule has 1 fully saturated rings. The zero-order valence-corrected chi connectivity index (χ0v) is 13.4. The Labute approximate surface area is 117 Å². The lowest BCUT2D eigenvalue weighted by molar-refractivity contribution is 0.367. The van der Waals surface area contributed by atoms with E-state index in [0.717, 1.165) is 10.7 Å². The zero-order valence-electron chi connectivity index (χ0n) is 11.0. The number of hydrogen-bond donors (Lipinski definition) is 0. The molecule has 0 bridgehead atoms. The van der Waals surface area contributed by atoms with E-state index in [4.69, 9.17) is 4.98 Å². The van der Waals surface area contributed by atoms with Crippen LogP contribution in [0.4, 0.5) is 0 Å². The van der Waals surface area contributed by atoms with Gasteiger partial charge in [0.15, 0.2) is 0 Å². The van der Waals surface area contributed by atoms with E-state index in [9.17, 15) is 0 Å². The van der Waals surface area contributed by atoms with Crippen molar-refractivity contribution in [1.82, 2.24) is 4.98 Å². The lowest BCUT2D eigenvalue weighted by Gasteiger charge is -2.24. The SMILES string of the molecule is CC(C)(C)c1csc(CC2CCCC(Br)C2)n1. The van der Waals surface area contributed by atoms with Crippen LogP contribution in [0.5, 0.6) is 0 Å². The van der Waals surface area contributed by atoms with Gasteiger partial charge in [-0.1, -0.05) is 43.1 Å². The molecule has 1 nitrogen and oxygen atoms in total. The molecule has 1 aliphatic carbocycles. The van der Waals surface area contributed by atoms with Crippen LogP contribution in [0.15, 0.2) is 5.38 Å². The Morgan fingerprint density at radius 1 is 1.41 bits per heavy atom. The average Bonchev–Trinajstić information content (AvgIpc) is 2.65. The summed E-state index contributed by atoms with van der Waals surface area (Å²) in [4.78, 5) is 5.54. The maximum Gasteiger partial charge on any atom is 0.0931 e. The number of hydrogen-bond acceptors (Lipinski definition) is 2. The van der Waals surface area contributed by atoms with E-state index in [1.165, 1.54) is 42.8 Å². The minimum atomic E-state index is 0.194. The van der Waals surface area contributed by atoms with Crippen molar-refractivity contribution >= 4 is 27.3 Å². The molecule has 0 amide bonds. The molecule has 0 saturated heterocycles. The molecular weight excluding hydrogens is 294 g/mol. The fraction of sp³-hybridized carbons (Fsp3) is 0.786. The highest BCUT2D eigenvalue weighted by Gasteiger charge is 2.22. The first-order valence-electron chi connectivity index (χ1n) is 6.54.